The molecule has 63 heavy (non-hydrogen) atoms. The van der Waals surface area contributed by atoms with Crippen molar-refractivity contribution in [2.45, 2.75) is 16.7 Å². The van der Waals surface area contributed by atoms with E-state index >= 15 is 0 Å². The zero-order valence-electron chi connectivity index (χ0n) is 32.3. The van der Waals surface area contributed by atoms with Gasteiger partial charge in [0.05, 0.1) is 38.9 Å². The molecule has 2 aliphatic carbocycles. The number of hydrogen-bond donors (Lipinski definition) is 7. The number of benzene rings is 5. The molecule has 0 spiro atoms. The quantitative estimate of drug-likeness (QED) is 0.0219. The first-order valence-corrected chi connectivity index (χ1v) is 22.4. The maximum absolute atomic E-state index is 13.8. The van der Waals surface area contributed by atoms with Crippen molar-refractivity contribution < 1.29 is 48.5 Å². The maximum Gasteiger partial charge on any atom is 0.296 e. The second-order valence-corrected chi connectivity index (χ2v) is 17.8. The Balaban J connectivity index is 1.12. The van der Waals surface area contributed by atoms with Gasteiger partial charge in [-0.05, 0) is 108 Å². The molecule has 320 valence electrons. The monoisotopic (exact) mass is 908 g/mol. The van der Waals surface area contributed by atoms with Gasteiger partial charge in [-0.25, -0.2) is 0 Å². The largest absolute Gasteiger partial charge is 0.396 e. The first-order chi connectivity index (χ1) is 29.8. The second-order valence-electron chi connectivity index (χ2n) is 13.6. The average Bonchev–Trinajstić information content (AvgIpc) is 3.23. The lowest BCUT2D eigenvalue weighted by Crippen LogP contribution is -2.28. The van der Waals surface area contributed by atoms with Crippen molar-refractivity contribution in [3.05, 3.63) is 149 Å². The van der Waals surface area contributed by atoms with Crippen LogP contribution in [0, 0.1) is 6.92 Å². The first kappa shape index (κ1) is 43.6. The van der Waals surface area contributed by atoms with Crippen LogP contribution in [0.25, 0.3) is 17.2 Å². The molecule has 2 aliphatic rings. The Hall–Kier alpha value is -7.47. The van der Waals surface area contributed by atoms with Crippen LogP contribution >= 0.6 is 0 Å². The van der Waals surface area contributed by atoms with E-state index in [1.165, 1.54) is 12.2 Å². The van der Waals surface area contributed by atoms with Crippen LogP contribution in [0.4, 0.5) is 34.1 Å². The van der Waals surface area contributed by atoms with Gasteiger partial charge in [0.1, 0.15) is 21.2 Å². The Morgan fingerprint density at radius 1 is 0.651 bits per heavy atom. The number of anilines is 4. The number of aryl methyl sites for hydroxylation is 1. The predicted octanol–water partition coefficient (Wildman–Crippen LogP) is 6.95. The first-order valence-electron chi connectivity index (χ1n) is 18.1. The molecule has 19 nitrogen and oxygen atoms in total. The van der Waals surface area contributed by atoms with E-state index in [2.05, 4.69) is 36.6 Å². The van der Waals surface area contributed by atoms with Gasteiger partial charge < -0.3 is 11.1 Å². The van der Waals surface area contributed by atoms with E-state index in [-0.39, 0.29) is 17.2 Å². The van der Waals surface area contributed by atoms with Crippen molar-refractivity contribution in [3.63, 3.8) is 0 Å². The summed E-state index contributed by atoms with van der Waals surface area (Å²) < 4.78 is 102. The molecule has 5 aromatic rings. The van der Waals surface area contributed by atoms with Gasteiger partial charge in [-0.1, -0.05) is 42.5 Å². The number of fused-ring (bicyclic) bond motifs is 1. The molecule has 0 heterocycles. The van der Waals surface area contributed by atoms with Gasteiger partial charge in [-0.15, -0.1) is 5.11 Å². The van der Waals surface area contributed by atoms with Crippen LogP contribution in [0.3, 0.4) is 0 Å². The van der Waals surface area contributed by atoms with Crippen molar-refractivity contribution in [1.29, 1.82) is 0 Å². The smallest absolute Gasteiger partial charge is 0.296 e. The van der Waals surface area contributed by atoms with E-state index in [9.17, 15) is 48.5 Å². The number of carbonyl (C=O) groups is 2. The van der Waals surface area contributed by atoms with E-state index in [0.29, 0.717) is 23.2 Å². The molecule has 0 fully saturated rings. The number of nitrogen functional groups attached to an aromatic ring is 1. The Kier molecular flexibility index (Phi) is 11.9. The topological polar surface area (TPSA) is 309 Å². The number of allylic oxidation sites excluding steroid dienone is 4. The highest BCUT2D eigenvalue weighted by molar-refractivity contribution is 7.91. The minimum atomic E-state index is -5.21. The Labute approximate surface area is 359 Å². The van der Waals surface area contributed by atoms with E-state index in [1.807, 2.05) is 43.3 Å². The normalized spacial score (nSPS) is 15.6. The number of hydrogen-bond acceptors (Lipinski definition) is 16. The van der Waals surface area contributed by atoms with Crippen LogP contribution in [-0.4, -0.2) is 61.9 Å². The summed E-state index contributed by atoms with van der Waals surface area (Å²) in [6.07, 6.45) is 5.21. The minimum absolute atomic E-state index is 0.0185. The van der Waals surface area contributed by atoms with Crippen LogP contribution in [0.15, 0.2) is 162 Å². The highest BCUT2D eigenvalue weighted by Crippen LogP contribution is 2.41. The molecular formula is C41H32N8O11S3. The molecule has 0 aromatic heterocycles. The zero-order chi connectivity index (χ0) is 45.3. The number of carbonyl (C=O) groups excluding carboxylic acids is 2. The third-order valence-electron chi connectivity index (χ3n) is 9.34. The molecule has 0 atom stereocenters. The van der Waals surface area contributed by atoms with E-state index in [1.54, 1.807) is 42.5 Å². The van der Waals surface area contributed by atoms with Gasteiger partial charge >= 0.3 is 0 Å². The van der Waals surface area contributed by atoms with Crippen molar-refractivity contribution in [2.24, 2.45) is 20.4 Å². The number of azo groups is 1. The third kappa shape index (κ3) is 9.86. The van der Waals surface area contributed by atoms with Crippen LogP contribution in [0.1, 0.15) is 21.5 Å². The molecule has 0 aliphatic heterocycles. The van der Waals surface area contributed by atoms with E-state index in [0.717, 1.165) is 52.7 Å². The summed E-state index contributed by atoms with van der Waals surface area (Å²) in [7, 11) is -14.9. The van der Waals surface area contributed by atoms with Gasteiger partial charge in [-0.3, -0.25) is 34.1 Å². The highest BCUT2D eigenvalue weighted by atomic mass is 32.2. The summed E-state index contributed by atoms with van der Waals surface area (Å²) in [5.74, 6) is -1.39. The SMILES string of the molecule is Cc1ccccc1NC1=CC(=O)C=C/C1=N/Nc1ccc(-c2ccc(N=Nc3c(S(=O)(=O)O)cc4c(c3N)C(=O)/C(=N\Nc3ccc(S(=O)(=O)O)cc3)C(S(=O)(=O)O)=C4)cc2)cc1. The second kappa shape index (κ2) is 17.1. The summed E-state index contributed by atoms with van der Waals surface area (Å²) >= 11 is 0. The molecule has 0 saturated heterocycles. The molecule has 0 bridgehead atoms. The number of hydrazone groups is 2. The molecule has 5 aromatic carbocycles. The summed E-state index contributed by atoms with van der Waals surface area (Å²) in [5, 5.41) is 19.5. The Morgan fingerprint density at radius 3 is 1.86 bits per heavy atom. The lowest BCUT2D eigenvalue weighted by atomic mass is 9.92. The molecule has 7 rings (SSSR count). The van der Waals surface area contributed by atoms with Crippen LogP contribution < -0.4 is 21.9 Å². The number of para-hydroxylation sites is 1. The summed E-state index contributed by atoms with van der Waals surface area (Å²) in [5.41, 5.74) is 13.8. The molecule has 0 amide bonds. The van der Waals surface area contributed by atoms with Crippen molar-refractivity contribution in [3.8, 4) is 11.1 Å². The fourth-order valence-corrected chi connectivity index (χ4v) is 7.99. The Morgan fingerprint density at radius 2 is 1.25 bits per heavy atom. The average molecular weight is 909 g/mol. The third-order valence-corrected chi connectivity index (χ3v) is 11.9. The number of ketones is 2. The van der Waals surface area contributed by atoms with Crippen molar-refractivity contribution in [2.75, 3.05) is 21.9 Å². The molecule has 0 unspecified atom stereocenters. The van der Waals surface area contributed by atoms with Gasteiger partial charge in [0.2, 0.25) is 5.78 Å². The number of nitrogens with one attached hydrogen (secondary N) is 3. The van der Waals surface area contributed by atoms with Gasteiger partial charge in [0.15, 0.2) is 11.5 Å². The van der Waals surface area contributed by atoms with E-state index < -0.39 is 79.0 Å². The van der Waals surface area contributed by atoms with Crippen molar-refractivity contribution in [1.82, 2.24) is 0 Å². The molecule has 0 radical (unpaired) electrons. The van der Waals surface area contributed by atoms with Crippen LogP contribution in [-0.2, 0) is 35.1 Å². The lowest BCUT2D eigenvalue weighted by Gasteiger charge is -2.20. The van der Waals surface area contributed by atoms with Crippen LogP contribution in [0.5, 0.6) is 0 Å². The van der Waals surface area contributed by atoms with Gasteiger partial charge in [-0.2, -0.15) is 40.6 Å². The van der Waals surface area contributed by atoms with Gasteiger partial charge in [0, 0.05) is 11.8 Å². The fourth-order valence-electron chi connectivity index (χ4n) is 6.18. The van der Waals surface area contributed by atoms with Crippen molar-refractivity contribution >= 4 is 93.5 Å². The number of Topliss-reactive ketones (excluding diaryl/α,β-unsaturated/α-hetero) is 1. The maximum atomic E-state index is 13.8. The van der Waals surface area contributed by atoms with Crippen LogP contribution in [0.2, 0.25) is 0 Å². The number of nitrogens with zero attached hydrogens (tertiary/aromatic N) is 4. The predicted molar refractivity (Wildman–Crippen MR) is 236 cm³/mol. The van der Waals surface area contributed by atoms with Gasteiger partial charge in [0.25, 0.3) is 30.4 Å². The number of rotatable bonds is 12. The summed E-state index contributed by atoms with van der Waals surface area (Å²) in [6.45, 7) is 1.95. The zero-order valence-corrected chi connectivity index (χ0v) is 34.8. The molecule has 8 N–H and O–H groups in total. The Bertz CT molecular complexity index is 3250. The number of nitrogens with two attached hydrogens (primary N) is 1. The van der Waals surface area contributed by atoms with E-state index in [4.69, 9.17) is 5.73 Å². The molecular weight excluding hydrogens is 877 g/mol. The highest BCUT2D eigenvalue weighted by Gasteiger charge is 2.37. The summed E-state index contributed by atoms with van der Waals surface area (Å²) in [4.78, 5) is 23.5. The summed E-state index contributed by atoms with van der Waals surface area (Å²) in [6, 6.07) is 26.4. The lowest BCUT2D eigenvalue weighted by molar-refractivity contribution is -0.110. The minimum Gasteiger partial charge on any atom is -0.396 e. The molecule has 22 heteroatoms. The standard InChI is InChI=1S/C41H32N8O11S3/c1-23-4-2-3-5-32(23)43-34-22-30(50)16-19-33(34)47-44-27-10-6-24(7-11-27)25-8-12-28(13-9-25)45-48-39-35(62(55,56)57)20-26-21-36(63(58,59)60)40(41(51)37(26)38(39)42)49-46-29-14-17-31(18-15-29)61(52,53)54/h2-22,43-44,46H,42H2,1H3,(H,52,53,54)(H,55,56,57)(H,58,59,60)/b47-33-,48-45?,49-40-. The molecule has 0 saturated carbocycles. The fraction of sp³-hybridized carbons (Fsp3) is 0.0244.